The lowest BCUT2D eigenvalue weighted by atomic mass is 9.90. The molecule has 1 amide bonds. The summed E-state index contributed by atoms with van der Waals surface area (Å²) < 4.78 is 0. The zero-order valence-corrected chi connectivity index (χ0v) is 10.5. The number of carbonyl (C=O) groups is 1. The van der Waals surface area contributed by atoms with E-state index in [0.717, 1.165) is 0 Å². The summed E-state index contributed by atoms with van der Waals surface area (Å²) in [5, 5.41) is 3.44. The molecule has 15 heavy (non-hydrogen) atoms. The molecule has 0 aromatic carbocycles. The lowest BCUT2D eigenvalue weighted by Crippen LogP contribution is -2.44. The first-order chi connectivity index (χ1) is 6.52. The number of halogens is 1. The normalized spacial score (nSPS) is 18.3. The van der Waals surface area contributed by atoms with Crippen molar-refractivity contribution in [3.63, 3.8) is 0 Å². The van der Waals surface area contributed by atoms with Crippen molar-refractivity contribution in [3.05, 3.63) is 0 Å². The minimum absolute atomic E-state index is 0. The van der Waals surface area contributed by atoms with Crippen LogP contribution < -0.4 is 11.1 Å². The van der Waals surface area contributed by atoms with Crippen LogP contribution in [0.15, 0.2) is 0 Å². The summed E-state index contributed by atoms with van der Waals surface area (Å²) in [5.41, 5.74) is 4.89. The summed E-state index contributed by atoms with van der Waals surface area (Å²) in [4.78, 5) is 11.1. The highest BCUT2D eigenvalue weighted by Crippen LogP contribution is 2.19. The average molecular weight is 235 g/mol. The van der Waals surface area contributed by atoms with E-state index < -0.39 is 5.41 Å². The van der Waals surface area contributed by atoms with E-state index in [1.807, 2.05) is 13.8 Å². The highest BCUT2D eigenvalue weighted by atomic mass is 35.5. The van der Waals surface area contributed by atoms with Gasteiger partial charge in [-0.05, 0) is 26.7 Å². The lowest BCUT2D eigenvalue weighted by Gasteiger charge is -2.28. The predicted octanol–water partition coefficient (Wildman–Crippen LogP) is 1.84. The Kier molecular flexibility index (Phi) is 6.22. The van der Waals surface area contributed by atoms with Crippen molar-refractivity contribution < 1.29 is 4.79 Å². The number of carbonyl (C=O) groups excluding carboxylic acids is 1. The summed E-state index contributed by atoms with van der Waals surface area (Å²) in [5.74, 6) is -0.221. The molecule has 0 atom stereocenters. The first kappa shape index (κ1) is 14.7. The van der Waals surface area contributed by atoms with Crippen molar-refractivity contribution in [1.82, 2.24) is 5.32 Å². The molecule has 0 bridgehead atoms. The van der Waals surface area contributed by atoms with Gasteiger partial charge in [-0.3, -0.25) is 4.79 Å². The van der Waals surface area contributed by atoms with Gasteiger partial charge in [-0.15, -0.1) is 12.4 Å². The van der Waals surface area contributed by atoms with Crippen LogP contribution in [0.1, 0.15) is 46.0 Å². The molecule has 0 heterocycles. The van der Waals surface area contributed by atoms with Crippen LogP contribution in [0.4, 0.5) is 0 Å². The molecule has 0 radical (unpaired) electrons. The van der Waals surface area contributed by atoms with Crippen molar-refractivity contribution in [2.24, 2.45) is 11.1 Å². The van der Waals surface area contributed by atoms with Gasteiger partial charge in [-0.2, -0.15) is 0 Å². The van der Waals surface area contributed by atoms with Crippen LogP contribution in [0.5, 0.6) is 0 Å². The number of rotatable bonds is 4. The fraction of sp³-hybridized carbons (Fsp3) is 0.909. The Bertz CT molecular complexity index is 201. The van der Waals surface area contributed by atoms with Crippen LogP contribution in [0.3, 0.4) is 0 Å². The van der Waals surface area contributed by atoms with Crippen molar-refractivity contribution in [3.8, 4) is 0 Å². The van der Waals surface area contributed by atoms with Gasteiger partial charge < -0.3 is 11.1 Å². The van der Waals surface area contributed by atoms with E-state index in [4.69, 9.17) is 5.73 Å². The Morgan fingerprint density at radius 3 is 2.33 bits per heavy atom. The van der Waals surface area contributed by atoms with Crippen LogP contribution in [-0.2, 0) is 4.79 Å². The minimum atomic E-state index is -0.419. The maximum atomic E-state index is 11.1. The number of amides is 1. The van der Waals surface area contributed by atoms with Gasteiger partial charge in [0.15, 0.2) is 0 Å². The van der Waals surface area contributed by atoms with Crippen LogP contribution in [-0.4, -0.2) is 18.5 Å². The first-order valence-electron chi connectivity index (χ1n) is 5.56. The van der Waals surface area contributed by atoms with Gasteiger partial charge in [0.25, 0.3) is 0 Å². The molecule has 1 aliphatic carbocycles. The van der Waals surface area contributed by atoms with Gasteiger partial charge in [0.1, 0.15) is 0 Å². The number of nitrogens with one attached hydrogen (secondary N) is 1. The van der Waals surface area contributed by atoms with E-state index in [9.17, 15) is 4.79 Å². The number of primary amides is 1. The fourth-order valence-corrected chi connectivity index (χ4v) is 1.79. The number of hydrogen-bond acceptors (Lipinski definition) is 2. The summed E-state index contributed by atoms with van der Waals surface area (Å²) in [7, 11) is 0. The Morgan fingerprint density at radius 2 is 1.87 bits per heavy atom. The van der Waals surface area contributed by atoms with Gasteiger partial charge >= 0.3 is 0 Å². The lowest BCUT2D eigenvalue weighted by molar-refractivity contribution is -0.125. The quantitative estimate of drug-likeness (QED) is 0.780. The second-order valence-corrected chi connectivity index (χ2v) is 4.96. The van der Waals surface area contributed by atoms with E-state index in [1.165, 1.54) is 32.1 Å². The zero-order chi connectivity index (χ0) is 10.6. The first-order valence-corrected chi connectivity index (χ1v) is 5.56. The molecule has 0 spiro atoms. The molecule has 4 heteroatoms. The Balaban J connectivity index is 0.00000196. The third-order valence-electron chi connectivity index (χ3n) is 3.10. The monoisotopic (exact) mass is 234 g/mol. The molecule has 1 fully saturated rings. The highest BCUT2D eigenvalue weighted by molar-refractivity contribution is 5.85. The van der Waals surface area contributed by atoms with Crippen molar-refractivity contribution in [2.75, 3.05) is 6.54 Å². The molecular weight excluding hydrogens is 212 g/mol. The topological polar surface area (TPSA) is 55.1 Å². The summed E-state index contributed by atoms with van der Waals surface area (Å²) in [6.07, 6.45) is 6.48. The van der Waals surface area contributed by atoms with E-state index in [2.05, 4.69) is 5.32 Å². The maximum absolute atomic E-state index is 11.1. The van der Waals surface area contributed by atoms with Crippen molar-refractivity contribution in [1.29, 1.82) is 0 Å². The molecule has 0 saturated heterocycles. The molecule has 1 saturated carbocycles. The van der Waals surface area contributed by atoms with E-state index >= 15 is 0 Å². The molecule has 0 unspecified atom stereocenters. The van der Waals surface area contributed by atoms with Gasteiger partial charge in [0, 0.05) is 12.6 Å². The molecule has 0 aliphatic heterocycles. The molecule has 1 aliphatic rings. The van der Waals surface area contributed by atoms with Gasteiger partial charge in [0.05, 0.1) is 5.41 Å². The van der Waals surface area contributed by atoms with E-state index in [1.54, 1.807) is 0 Å². The standard InChI is InChI=1S/C11H22N2O.ClH/c1-11(2,10(12)14)8-13-9-6-4-3-5-7-9;/h9,13H,3-8H2,1-2H3,(H2,12,14);1H. The summed E-state index contributed by atoms with van der Waals surface area (Å²) in [6, 6.07) is 0.599. The van der Waals surface area contributed by atoms with Gasteiger partial charge in [0.2, 0.25) is 5.91 Å². The molecule has 1 rings (SSSR count). The summed E-state index contributed by atoms with van der Waals surface area (Å²) >= 11 is 0. The number of nitrogens with two attached hydrogens (primary N) is 1. The molecule has 0 aromatic rings. The minimum Gasteiger partial charge on any atom is -0.369 e. The molecule has 0 aromatic heterocycles. The Hall–Kier alpha value is -0.280. The predicted molar refractivity (Wildman–Crippen MR) is 65.1 cm³/mol. The zero-order valence-electron chi connectivity index (χ0n) is 9.71. The van der Waals surface area contributed by atoms with Crippen LogP contribution in [0, 0.1) is 5.41 Å². The Labute approximate surface area is 98.6 Å². The maximum Gasteiger partial charge on any atom is 0.224 e. The van der Waals surface area contributed by atoms with Crippen LogP contribution >= 0.6 is 12.4 Å². The summed E-state index contributed by atoms with van der Waals surface area (Å²) in [6.45, 7) is 4.49. The van der Waals surface area contributed by atoms with Crippen LogP contribution in [0.25, 0.3) is 0 Å². The number of hydrogen-bond donors (Lipinski definition) is 2. The van der Waals surface area contributed by atoms with Crippen molar-refractivity contribution >= 4 is 18.3 Å². The third kappa shape index (κ3) is 4.85. The Morgan fingerprint density at radius 1 is 1.33 bits per heavy atom. The van der Waals surface area contributed by atoms with E-state index in [-0.39, 0.29) is 18.3 Å². The molecule has 3 N–H and O–H groups in total. The second-order valence-electron chi connectivity index (χ2n) is 4.96. The molecule has 90 valence electrons. The smallest absolute Gasteiger partial charge is 0.224 e. The van der Waals surface area contributed by atoms with Crippen molar-refractivity contribution in [2.45, 2.75) is 52.0 Å². The third-order valence-corrected chi connectivity index (χ3v) is 3.10. The molecular formula is C11H23ClN2O. The fourth-order valence-electron chi connectivity index (χ4n) is 1.79. The molecule has 3 nitrogen and oxygen atoms in total. The average Bonchev–Trinajstić information content (AvgIpc) is 2.16. The second kappa shape index (κ2) is 6.33. The highest BCUT2D eigenvalue weighted by Gasteiger charge is 2.26. The van der Waals surface area contributed by atoms with Crippen LogP contribution in [0.2, 0.25) is 0 Å². The SMILES string of the molecule is CC(C)(CNC1CCCCC1)C(N)=O.Cl. The largest absolute Gasteiger partial charge is 0.369 e. The van der Waals surface area contributed by atoms with Gasteiger partial charge in [-0.25, -0.2) is 0 Å². The van der Waals surface area contributed by atoms with E-state index in [0.29, 0.717) is 12.6 Å². The van der Waals surface area contributed by atoms with Gasteiger partial charge in [-0.1, -0.05) is 19.3 Å².